The van der Waals surface area contributed by atoms with Gasteiger partial charge in [0.05, 0.1) is 16.9 Å². The number of rotatable bonds is 2. The van der Waals surface area contributed by atoms with E-state index in [1.807, 2.05) is 37.3 Å². The van der Waals surface area contributed by atoms with Gasteiger partial charge in [0, 0.05) is 19.3 Å². The number of aromatic nitrogens is 4. The fourth-order valence-electron chi connectivity index (χ4n) is 2.73. The summed E-state index contributed by atoms with van der Waals surface area (Å²) in [5.74, 6) is 0. The van der Waals surface area contributed by atoms with Gasteiger partial charge in [0.25, 0.3) is 0 Å². The van der Waals surface area contributed by atoms with Crippen molar-refractivity contribution in [3.63, 3.8) is 0 Å². The van der Waals surface area contributed by atoms with Crippen molar-refractivity contribution in [3.05, 3.63) is 46.5 Å². The molecule has 3 rings (SSSR count). The van der Waals surface area contributed by atoms with E-state index in [9.17, 15) is 4.79 Å². The van der Waals surface area contributed by atoms with Crippen LogP contribution in [0.3, 0.4) is 0 Å². The zero-order chi connectivity index (χ0) is 16.8. The molecule has 0 unspecified atom stereocenters. The highest BCUT2D eigenvalue weighted by Gasteiger charge is 2.18. The summed E-state index contributed by atoms with van der Waals surface area (Å²) < 4.78 is 3.41. The van der Waals surface area contributed by atoms with Crippen molar-refractivity contribution in [1.29, 1.82) is 0 Å². The molecule has 0 aromatic carbocycles. The minimum atomic E-state index is -0.0308. The van der Waals surface area contributed by atoms with Crippen LogP contribution in [0.5, 0.6) is 0 Å². The standard InChI is InChI=1S/C18H22N4O/c1-12-7-6-8-13(19-12)14-9-10-15-16(20-14)21(5)17(23)22(15)11-18(2,3)4/h6-10H,11H2,1-5H3. The second kappa shape index (κ2) is 5.33. The molecule has 23 heavy (non-hydrogen) atoms. The molecule has 0 aliphatic rings. The Morgan fingerprint density at radius 3 is 2.39 bits per heavy atom. The molecule has 0 saturated heterocycles. The van der Waals surface area contributed by atoms with E-state index >= 15 is 0 Å². The summed E-state index contributed by atoms with van der Waals surface area (Å²) >= 11 is 0. The molecule has 0 aliphatic heterocycles. The summed E-state index contributed by atoms with van der Waals surface area (Å²) in [7, 11) is 1.77. The Balaban J connectivity index is 2.18. The molecule has 3 heterocycles. The highest BCUT2D eigenvalue weighted by molar-refractivity contribution is 5.75. The maximum atomic E-state index is 12.5. The van der Waals surface area contributed by atoms with Crippen LogP contribution >= 0.6 is 0 Å². The van der Waals surface area contributed by atoms with E-state index in [0.717, 1.165) is 22.6 Å². The molecule has 0 spiro atoms. The molecule has 120 valence electrons. The van der Waals surface area contributed by atoms with E-state index in [1.54, 1.807) is 16.2 Å². The highest BCUT2D eigenvalue weighted by Crippen LogP contribution is 2.22. The van der Waals surface area contributed by atoms with Crippen LogP contribution in [0.2, 0.25) is 0 Å². The minimum Gasteiger partial charge on any atom is -0.290 e. The average molecular weight is 310 g/mol. The van der Waals surface area contributed by atoms with Crippen LogP contribution in [0, 0.1) is 12.3 Å². The molecule has 5 heteroatoms. The van der Waals surface area contributed by atoms with Gasteiger partial charge in [-0.3, -0.25) is 14.1 Å². The third kappa shape index (κ3) is 2.91. The first-order valence-corrected chi connectivity index (χ1v) is 7.76. The molecule has 3 aromatic rings. The maximum absolute atomic E-state index is 12.5. The van der Waals surface area contributed by atoms with Crippen molar-refractivity contribution in [1.82, 2.24) is 19.1 Å². The number of imidazole rings is 1. The van der Waals surface area contributed by atoms with Gasteiger partial charge in [-0.2, -0.15) is 0 Å². The molecule has 0 atom stereocenters. The van der Waals surface area contributed by atoms with Crippen molar-refractivity contribution >= 4 is 11.2 Å². The quantitative estimate of drug-likeness (QED) is 0.730. The molecule has 0 radical (unpaired) electrons. The van der Waals surface area contributed by atoms with Crippen LogP contribution < -0.4 is 5.69 Å². The summed E-state index contributed by atoms with van der Waals surface area (Å²) in [5.41, 5.74) is 4.10. The molecule has 0 bridgehead atoms. The van der Waals surface area contributed by atoms with E-state index in [2.05, 4.69) is 30.7 Å². The van der Waals surface area contributed by atoms with Crippen molar-refractivity contribution < 1.29 is 0 Å². The highest BCUT2D eigenvalue weighted by atomic mass is 16.1. The van der Waals surface area contributed by atoms with Crippen molar-refractivity contribution in [2.24, 2.45) is 12.5 Å². The predicted molar refractivity (Wildman–Crippen MR) is 92.4 cm³/mol. The number of fused-ring (bicyclic) bond motifs is 1. The molecule has 0 amide bonds. The second-order valence-corrected chi connectivity index (χ2v) is 7.19. The zero-order valence-corrected chi connectivity index (χ0v) is 14.3. The van der Waals surface area contributed by atoms with Crippen LogP contribution in [0.1, 0.15) is 26.5 Å². The second-order valence-electron chi connectivity index (χ2n) is 7.19. The van der Waals surface area contributed by atoms with Crippen LogP contribution in [0.4, 0.5) is 0 Å². The topological polar surface area (TPSA) is 52.7 Å². The number of hydrogen-bond donors (Lipinski definition) is 0. The normalized spacial score (nSPS) is 12.0. The fraction of sp³-hybridized carbons (Fsp3) is 0.389. The van der Waals surface area contributed by atoms with Crippen molar-refractivity contribution in [3.8, 4) is 11.4 Å². The summed E-state index contributed by atoms with van der Waals surface area (Å²) in [6.45, 7) is 8.98. The van der Waals surface area contributed by atoms with E-state index < -0.39 is 0 Å². The number of nitrogens with zero attached hydrogens (tertiary/aromatic N) is 4. The fourth-order valence-corrected chi connectivity index (χ4v) is 2.73. The third-order valence-electron chi connectivity index (χ3n) is 3.76. The summed E-state index contributed by atoms with van der Waals surface area (Å²) in [6.07, 6.45) is 0. The van der Waals surface area contributed by atoms with Gasteiger partial charge in [-0.25, -0.2) is 9.78 Å². The van der Waals surface area contributed by atoms with Gasteiger partial charge in [-0.1, -0.05) is 26.8 Å². The lowest BCUT2D eigenvalue weighted by atomic mass is 9.97. The van der Waals surface area contributed by atoms with E-state index in [-0.39, 0.29) is 11.1 Å². The number of pyridine rings is 2. The Hall–Kier alpha value is -2.43. The Morgan fingerprint density at radius 2 is 1.74 bits per heavy atom. The Bertz CT molecular complexity index is 928. The largest absolute Gasteiger partial charge is 0.330 e. The number of hydrogen-bond acceptors (Lipinski definition) is 3. The maximum Gasteiger partial charge on any atom is 0.330 e. The molecule has 3 aromatic heterocycles. The zero-order valence-electron chi connectivity index (χ0n) is 14.3. The van der Waals surface area contributed by atoms with Crippen molar-refractivity contribution in [2.75, 3.05) is 0 Å². The lowest BCUT2D eigenvalue weighted by Crippen LogP contribution is -2.27. The van der Waals surface area contributed by atoms with Crippen molar-refractivity contribution in [2.45, 2.75) is 34.2 Å². The summed E-state index contributed by atoms with van der Waals surface area (Å²) in [6, 6.07) is 9.76. The minimum absolute atomic E-state index is 0.0227. The summed E-state index contributed by atoms with van der Waals surface area (Å²) in [5, 5.41) is 0. The van der Waals surface area contributed by atoms with Gasteiger partial charge in [-0.05, 0) is 36.6 Å². The van der Waals surface area contributed by atoms with Gasteiger partial charge in [0.2, 0.25) is 0 Å². The first-order chi connectivity index (χ1) is 10.8. The Morgan fingerprint density at radius 1 is 1.04 bits per heavy atom. The molecule has 0 aliphatic carbocycles. The molecule has 5 nitrogen and oxygen atoms in total. The van der Waals surface area contributed by atoms with Crippen LogP contribution in [-0.4, -0.2) is 19.1 Å². The van der Waals surface area contributed by atoms with Crippen LogP contribution in [0.25, 0.3) is 22.6 Å². The molecule has 0 N–H and O–H groups in total. The SMILES string of the molecule is Cc1cccc(-c2ccc3c(n2)n(C)c(=O)n3CC(C)(C)C)n1. The van der Waals surface area contributed by atoms with E-state index in [4.69, 9.17) is 0 Å². The monoisotopic (exact) mass is 310 g/mol. The smallest absolute Gasteiger partial charge is 0.290 e. The number of aryl methyl sites for hydroxylation is 2. The summed E-state index contributed by atoms with van der Waals surface area (Å²) in [4.78, 5) is 21.7. The van der Waals surface area contributed by atoms with Crippen LogP contribution in [0.15, 0.2) is 35.1 Å². The predicted octanol–water partition coefficient (Wildman–Crippen LogP) is 3.15. The first-order valence-electron chi connectivity index (χ1n) is 7.76. The molecule has 0 saturated carbocycles. The lowest BCUT2D eigenvalue weighted by molar-refractivity contribution is 0.342. The third-order valence-corrected chi connectivity index (χ3v) is 3.76. The van der Waals surface area contributed by atoms with Gasteiger partial charge in [-0.15, -0.1) is 0 Å². The van der Waals surface area contributed by atoms with Crippen LogP contribution in [-0.2, 0) is 13.6 Å². The van der Waals surface area contributed by atoms with Gasteiger partial charge in [0.1, 0.15) is 0 Å². The average Bonchev–Trinajstić information content (AvgIpc) is 2.71. The Labute approximate surface area is 135 Å². The Kier molecular flexibility index (Phi) is 3.59. The van der Waals surface area contributed by atoms with E-state index in [1.165, 1.54) is 0 Å². The van der Waals surface area contributed by atoms with E-state index in [0.29, 0.717) is 12.2 Å². The molecular weight excluding hydrogens is 288 g/mol. The van der Waals surface area contributed by atoms with Gasteiger partial charge >= 0.3 is 5.69 Å². The lowest BCUT2D eigenvalue weighted by Gasteiger charge is -2.18. The molecule has 0 fully saturated rings. The van der Waals surface area contributed by atoms with Gasteiger partial charge in [0.15, 0.2) is 5.65 Å². The molecular formula is C18H22N4O. The van der Waals surface area contributed by atoms with Gasteiger partial charge < -0.3 is 0 Å². The first kappa shape index (κ1) is 15.5.